The first-order valence-electron chi connectivity index (χ1n) is 5.61. The van der Waals surface area contributed by atoms with Crippen molar-refractivity contribution >= 4 is 21.6 Å². The van der Waals surface area contributed by atoms with E-state index < -0.39 is 0 Å². The molecule has 0 saturated heterocycles. The van der Waals surface area contributed by atoms with Crippen molar-refractivity contribution in [2.75, 3.05) is 0 Å². The summed E-state index contributed by atoms with van der Waals surface area (Å²) in [5.74, 6) is 0.434. The minimum Gasteiger partial charge on any atom is -0.313 e. The predicted molar refractivity (Wildman–Crippen MR) is 68.3 cm³/mol. The van der Waals surface area contributed by atoms with Gasteiger partial charge in [0, 0.05) is 4.88 Å². The fraction of sp³-hybridized carbons (Fsp3) is 0.500. The lowest BCUT2D eigenvalue weighted by atomic mass is 9.95. The Hall–Kier alpha value is -1.16. The van der Waals surface area contributed by atoms with E-state index in [1.165, 1.54) is 16.8 Å². The number of thiophene rings is 1. The van der Waals surface area contributed by atoms with Crippen LogP contribution >= 0.6 is 11.3 Å². The number of nitrogens with one attached hydrogen (secondary N) is 1. The molecule has 4 heteroatoms. The number of hydrogen-bond acceptors (Lipinski definition) is 3. The van der Waals surface area contributed by atoms with E-state index in [9.17, 15) is 4.79 Å². The summed E-state index contributed by atoms with van der Waals surface area (Å²) in [7, 11) is 0. The molecule has 2 aromatic heterocycles. The lowest BCUT2D eigenvalue weighted by molar-refractivity contribution is 0.667. The Labute approximate surface area is 98.5 Å². The first-order valence-corrected chi connectivity index (χ1v) is 6.43. The summed E-state index contributed by atoms with van der Waals surface area (Å²) in [4.78, 5) is 20.8. The van der Waals surface area contributed by atoms with Gasteiger partial charge in [-0.15, -0.1) is 11.3 Å². The van der Waals surface area contributed by atoms with E-state index in [1.807, 2.05) is 0 Å². The maximum Gasteiger partial charge on any atom is 0.259 e. The third-order valence-corrected chi connectivity index (χ3v) is 3.96. The summed E-state index contributed by atoms with van der Waals surface area (Å²) < 4.78 is 0. The molecule has 2 aromatic rings. The normalized spacial score (nSPS) is 13.2. The maximum atomic E-state index is 11.8. The second-order valence-electron chi connectivity index (χ2n) is 4.17. The average Bonchev–Trinajstić information content (AvgIpc) is 2.56. The Kier molecular flexibility index (Phi) is 3.10. The van der Waals surface area contributed by atoms with Crippen molar-refractivity contribution in [2.24, 2.45) is 0 Å². The molecule has 1 atom stereocenters. The summed E-state index contributed by atoms with van der Waals surface area (Å²) in [5.41, 5.74) is 1.18. The van der Waals surface area contributed by atoms with Crippen molar-refractivity contribution in [1.29, 1.82) is 0 Å². The number of aromatic amines is 1. The molecule has 0 aliphatic rings. The van der Waals surface area contributed by atoms with Crippen LogP contribution in [-0.2, 0) is 0 Å². The number of fused-ring (bicyclic) bond motifs is 1. The van der Waals surface area contributed by atoms with E-state index in [1.54, 1.807) is 11.3 Å². The highest BCUT2D eigenvalue weighted by Gasteiger charge is 2.17. The van der Waals surface area contributed by atoms with Crippen molar-refractivity contribution in [2.45, 2.75) is 39.5 Å². The van der Waals surface area contributed by atoms with E-state index in [4.69, 9.17) is 0 Å². The minimum atomic E-state index is -0.00713. The van der Waals surface area contributed by atoms with Crippen LogP contribution in [0.4, 0.5) is 0 Å². The van der Waals surface area contributed by atoms with E-state index in [2.05, 4.69) is 30.7 Å². The van der Waals surface area contributed by atoms with Crippen LogP contribution in [0.2, 0.25) is 0 Å². The number of nitrogens with zero attached hydrogens (tertiary/aromatic N) is 1. The predicted octanol–water partition coefficient (Wildman–Crippen LogP) is 3.20. The summed E-state index contributed by atoms with van der Waals surface area (Å²) in [6, 6.07) is 0. The topological polar surface area (TPSA) is 45.8 Å². The van der Waals surface area contributed by atoms with E-state index in [0.717, 1.165) is 23.1 Å². The average molecular weight is 236 g/mol. The standard InChI is InChI=1S/C12H16N2OS/c1-4-5-7(2)9-8(3)16-12-10(9)11(15)13-6-14-12/h6-7H,4-5H2,1-3H3,(H,13,14,15). The molecule has 0 aromatic carbocycles. The molecule has 3 nitrogen and oxygen atoms in total. The Morgan fingerprint density at radius 1 is 1.56 bits per heavy atom. The van der Waals surface area contributed by atoms with E-state index in [0.29, 0.717) is 5.92 Å². The second kappa shape index (κ2) is 4.37. The Bertz CT molecular complexity index is 556. The van der Waals surface area contributed by atoms with E-state index >= 15 is 0 Å². The number of hydrogen-bond donors (Lipinski definition) is 1. The van der Waals surface area contributed by atoms with Gasteiger partial charge in [-0.3, -0.25) is 4.79 Å². The first kappa shape index (κ1) is 11.3. The van der Waals surface area contributed by atoms with Gasteiger partial charge in [-0.25, -0.2) is 4.98 Å². The lowest BCUT2D eigenvalue weighted by Crippen LogP contribution is -2.08. The third kappa shape index (κ3) is 1.78. The van der Waals surface area contributed by atoms with Crippen LogP contribution in [0.3, 0.4) is 0 Å². The van der Waals surface area contributed by atoms with Gasteiger partial charge < -0.3 is 4.98 Å². The van der Waals surface area contributed by atoms with Gasteiger partial charge in [0.1, 0.15) is 4.83 Å². The van der Waals surface area contributed by atoms with Gasteiger partial charge in [-0.1, -0.05) is 20.3 Å². The number of H-pyrrole nitrogens is 1. The molecule has 0 amide bonds. The Balaban J connectivity index is 2.68. The molecule has 0 aliphatic carbocycles. The molecule has 0 aliphatic heterocycles. The first-order chi connectivity index (χ1) is 7.65. The van der Waals surface area contributed by atoms with Crippen LogP contribution < -0.4 is 5.56 Å². The van der Waals surface area contributed by atoms with Crippen molar-refractivity contribution in [1.82, 2.24) is 9.97 Å². The molecular weight excluding hydrogens is 220 g/mol. The van der Waals surface area contributed by atoms with Crippen molar-refractivity contribution < 1.29 is 0 Å². The molecule has 0 fully saturated rings. The van der Waals surface area contributed by atoms with E-state index in [-0.39, 0.29) is 5.56 Å². The van der Waals surface area contributed by atoms with Gasteiger partial charge in [0.25, 0.3) is 5.56 Å². The number of aryl methyl sites for hydroxylation is 1. The molecule has 0 radical (unpaired) electrons. The molecular formula is C12H16N2OS. The van der Waals surface area contributed by atoms with Gasteiger partial charge in [0.2, 0.25) is 0 Å². The zero-order valence-corrected chi connectivity index (χ0v) is 10.6. The van der Waals surface area contributed by atoms with Crippen LogP contribution in [-0.4, -0.2) is 9.97 Å². The molecule has 16 heavy (non-hydrogen) atoms. The fourth-order valence-corrected chi connectivity index (χ4v) is 3.36. The smallest absolute Gasteiger partial charge is 0.259 e. The number of rotatable bonds is 3. The SMILES string of the molecule is CCCC(C)c1c(C)sc2nc[nH]c(=O)c12. The fourth-order valence-electron chi connectivity index (χ4n) is 2.25. The van der Waals surface area contributed by atoms with Crippen LogP contribution in [0.25, 0.3) is 10.2 Å². The summed E-state index contributed by atoms with van der Waals surface area (Å²) in [6.45, 7) is 6.43. The Morgan fingerprint density at radius 3 is 3.00 bits per heavy atom. The highest BCUT2D eigenvalue weighted by Crippen LogP contribution is 2.34. The van der Waals surface area contributed by atoms with Gasteiger partial charge in [-0.05, 0) is 24.8 Å². The van der Waals surface area contributed by atoms with Crippen LogP contribution in [0, 0.1) is 6.92 Å². The minimum absolute atomic E-state index is 0.00713. The Morgan fingerprint density at radius 2 is 2.31 bits per heavy atom. The number of aromatic nitrogens is 2. The van der Waals surface area contributed by atoms with Crippen LogP contribution in [0.15, 0.2) is 11.1 Å². The van der Waals surface area contributed by atoms with Crippen LogP contribution in [0.5, 0.6) is 0 Å². The van der Waals surface area contributed by atoms with Gasteiger partial charge >= 0.3 is 0 Å². The molecule has 0 spiro atoms. The highest BCUT2D eigenvalue weighted by molar-refractivity contribution is 7.18. The molecule has 1 N–H and O–H groups in total. The van der Waals surface area contributed by atoms with Gasteiger partial charge in [0.05, 0.1) is 11.7 Å². The summed E-state index contributed by atoms with van der Waals surface area (Å²) in [5, 5.41) is 0.797. The molecule has 1 unspecified atom stereocenters. The van der Waals surface area contributed by atoms with Crippen molar-refractivity contribution in [3.63, 3.8) is 0 Å². The largest absolute Gasteiger partial charge is 0.313 e. The summed E-state index contributed by atoms with van der Waals surface area (Å²) >= 11 is 1.62. The quantitative estimate of drug-likeness (QED) is 0.889. The second-order valence-corrected chi connectivity index (χ2v) is 5.38. The lowest BCUT2D eigenvalue weighted by Gasteiger charge is -2.09. The molecule has 2 heterocycles. The third-order valence-electron chi connectivity index (χ3n) is 2.93. The molecule has 0 saturated carbocycles. The van der Waals surface area contributed by atoms with Crippen molar-refractivity contribution in [3.05, 3.63) is 27.1 Å². The van der Waals surface area contributed by atoms with Crippen LogP contribution in [0.1, 0.15) is 43.0 Å². The molecule has 86 valence electrons. The molecule has 2 rings (SSSR count). The van der Waals surface area contributed by atoms with Gasteiger partial charge in [-0.2, -0.15) is 0 Å². The van der Waals surface area contributed by atoms with Gasteiger partial charge in [0.15, 0.2) is 0 Å². The monoisotopic (exact) mass is 236 g/mol. The summed E-state index contributed by atoms with van der Waals surface area (Å²) in [6.07, 6.45) is 3.73. The highest BCUT2D eigenvalue weighted by atomic mass is 32.1. The zero-order valence-electron chi connectivity index (χ0n) is 9.83. The molecule has 0 bridgehead atoms. The van der Waals surface area contributed by atoms with Crippen molar-refractivity contribution in [3.8, 4) is 0 Å². The maximum absolute atomic E-state index is 11.8. The zero-order chi connectivity index (χ0) is 11.7.